The first-order chi connectivity index (χ1) is 8.74. The Kier molecular flexibility index (Phi) is 2.48. The molecule has 0 aliphatic rings. The number of H-pyrrole nitrogens is 1. The molecule has 4 heteroatoms. The second-order valence-electron chi connectivity index (χ2n) is 4.41. The van der Waals surface area contributed by atoms with E-state index in [2.05, 4.69) is 38.1 Å². The lowest BCUT2D eigenvalue weighted by molar-refractivity contribution is 1.13. The fraction of sp³-hybridized carbons (Fsp3) is 0.143. The van der Waals surface area contributed by atoms with Crippen LogP contribution in [0.4, 0.5) is 5.69 Å². The van der Waals surface area contributed by atoms with Gasteiger partial charge in [0.15, 0.2) is 5.82 Å². The topological polar surface area (TPSA) is 44.8 Å². The molecule has 18 heavy (non-hydrogen) atoms. The first kappa shape index (κ1) is 10.8. The molecule has 0 aliphatic heterocycles. The van der Waals surface area contributed by atoms with Gasteiger partial charge in [-0.15, -0.1) is 0 Å². The number of aromatic nitrogens is 3. The molecule has 90 valence electrons. The van der Waals surface area contributed by atoms with Crippen molar-refractivity contribution in [1.82, 2.24) is 15.0 Å². The van der Waals surface area contributed by atoms with Crippen LogP contribution in [0.3, 0.4) is 0 Å². The summed E-state index contributed by atoms with van der Waals surface area (Å²) in [5.41, 5.74) is 3.02. The second kappa shape index (κ2) is 4.14. The SMILES string of the molecule is CN(C)c1ccc2nc(-c3ncc[nH]3)ccc2c1. The summed E-state index contributed by atoms with van der Waals surface area (Å²) in [6.07, 6.45) is 3.53. The first-order valence-corrected chi connectivity index (χ1v) is 5.82. The van der Waals surface area contributed by atoms with Crippen LogP contribution in [-0.4, -0.2) is 29.0 Å². The summed E-state index contributed by atoms with van der Waals surface area (Å²) in [6.45, 7) is 0. The van der Waals surface area contributed by atoms with Crippen LogP contribution in [0.25, 0.3) is 22.4 Å². The monoisotopic (exact) mass is 238 g/mol. The number of nitrogens with zero attached hydrogens (tertiary/aromatic N) is 3. The predicted molar refractivity (Wildman–Crippen MR) is 73.7 cm³/mol. The smallest absolute Gasteiger partial charge is 0.155 e. The predicted octanol–water partition coefficient (Wildman–Crippen LogP) is 2.69. The summed E-state index contributed by atoms with van der Waals surface area (Å²) in [7, 11) is 4.07. The maximum atomic E-state index is 4.61. The Labute approximate surface area is 105 Å². The lowest BCUT2D eigenvalue weighted by atomic mass is 10.1. The van der Waals surface area contributed by atoms with E-state index in [0.717, 1.165) is 22.4 Å². The molecule has 2 heterocycles. The Morgan fingerprint density at radius 1 is 1.11 bits per heavy atom. The van der Waals surface area contributed by atoms with E-state index in [1.54, 1.807) is 12.4 Å². The molecule has 0 spiro atoms. The number of aromatic amines is 1. The quantitative estimate of drug-likeness (QED) is 0.746. The normalized spacial score (nSPS) is 10.8. The van der Waals surface area contributed by atoms with Gasteiger partial charge in [0.2, 0.25) is 0 Å². The van der Waals surface area contributed by atoms with Crippen molar-refractivity contribution in [2.24, 2.45) is 0 Å². The number of hydrogen-bond acceptors (Lipinski definition) is 3. The number of imidazole rings is 1. The summed E-state index contributed by atoms with van der Waals surface area (Å²) < 4.78 is 0. The summed E-state index contributed by atoms with van der Waals surface area (Å²) in [5.74, 6) is 0.800. The lowest BCUT2D eigenvalue weighted by Crippen LogP contribution is -2.08. The van der Waals surface area contributed by atoms with Gasteiger partial charge >= 0.3 is 0 Å². The minimum atomic E-state index is 0.800. The molecule has 0 atom stereocenters. The molecular formula is C14H14N4. The van der Waals surface area contributed by atoms with Crippen molar-refractivity contribution in [3.05, 3.63) is 42.7 Å². The molecule has 1 aromatic carbocycles. The minimum absolute atomic E-state index is 0.800. The zero-order valence-electron chi connectivity index (χ0n) is 10.4. The fourth-order valence-corrected chi connectivity index (χ4v) is 1.93. The molecule has 0 saturated heterocycles. The van der Waals surface area contributed by atoms with Gasteiger partial charge in [-0.25, -0.2) is 9.97 Å². The number of fused-ring (bicyclic) bond motifs is 1. The molecule has 1 N–H and O–H groups in total. The van der Waals surface area contributed by atoms with Gasteiger partial charge in [0.1, 0.15) is 5.69 Å². The van der Waals surface area contributed by atoms with E-state index in [9.17, 15) is 0 Å². The van der Waals surface area contributed by atoms with Gasteiger partial charge in [-0.1, -0.05) is 6.07 Å². The van der Waals surface area contributed by atoms with Crippen LogP contribution in [0.2, 0.25) is 0 Å². The van der Waals surface area contributed by atoms with Gasteiger partial charge < -0.3 is 9.88 Å². The second-order valence-corrected chi connectivity index (χ2v) is 4.41. The number of nitrogens with one attached hydrogen (secondary N) is 1. The van der Waals surface area contributed by atoms with Gasteiger partial charge in [0, 0.05) is 37.6 Å². The molecule has 0 amide bonds. The molecule has 0 fully saturated rings. The van der Waals surface area contributed by atoms with Crippen LogP contribution in [0.15, 0.2) is 42.7 Å². The van der Waals surface area contributed by atoms with Crippen molar-refractivity contribution >= 4 is 16.6 Å². The Hall–Kier alpha value is -2.36. The molecule has 3 aromatic rings. The molecule has 2 aromatic heterocycles. The molecule has 0 unspecified atom stereocenters. The van der Waals surface area contributed by atoms with Crippen LogP contribution < -0.4 is 4.90 Å². The number of rotatable bonds is 2. The van der Waals surface area contributed by atoms with Gasteiger partial charge in [-0.3, -0.25) is 0 Å². The van der Waals surface area contributed by atoms with E-state index < -0.39 is 0 Å². The molecular weight excluding hydrogens is 224 g/mol. The van der Waals surface area contributed by atoms with Crippen molar-refractivity contribution in [2.45, 2.75) is 0 Å². The Morgan fingerprint density at radius 3 is 2.72 bits per heavy atom. The van der Waals surface area contributed by atoms with E-state index >= 15 is 0 Å². The zero-order chi connectivity index (χ0) is 12.5. The number of benzene rings is 1. The van der Waals surface area contributed by atoms with Crippen LogP contribution >= 0.6 is 0 Å². The van der Waals surface area contributed by atoms with Crippen molar-refractivity contribution in [3.63, 3.8) is 0 Å². The first-order valence-electron chi connectivity index (χ1n) is 5.82. The van der Waals surface area contributed by atoms with E-state index in [4.69, 9.17) is 0 Å². The largest absolute Gasteiger partial charge is 0.378 e. The zero-order valence-corrected chi connectivity index (χ0v) is 10.4. The van der Waals surface area contributed by atoms with Gasteiger partial charge in [0.05, 0.1) is 5.52 Å². The Morgan fingerprint density at radius 2 is 2.00 bits per heavy atom. The van der Waals surface area contributed by atoms with E-state index in [1.165, 1.54) is 5.69 Å². The molecule has 4 nitrogen and oxygen atoms in total. The van der Waals surface area contributed by atoms with Crippen LogP contribution in [0.5, 0.6) is 0 Å². The molecule has 0 saturated carbocycles. The molecule has 0 bridgehead atoms. The van der Waals surface area contributed by atoms with E-state index in [1.807, 2.05) is 26.2 Å². The highest BCUT2D eigenvalue weighted by atomic mass is 15.1. The highest BCUT2D eigenvalue weighted by Crippen LogP contribution is 2.22. The van der Waals surface area contributed by atoms with Crippen molar-refractivity contribution < 1.29 is 0 Å². The fourth-order valence-electron chi connectivity index (χ4n) is 1.93. The number of hydrogen-bond donors (Lipinski definition) is 1. The highest BCUT2D eigenvalue weighted by Gasteiger charge is 2.04. The average molecular weight is 238 g/mol. The Bertz CT molecular complexity index is 671. The van der Waals surface area contributed by atoms with Gasteiger partial charge in [-0.2, -0.15) is 0 Å². The van der Waals surface area contributed by atoms with Crippen molar-refractivity contribution in [1.29, 1.82) is 0 Å². The van der Waals surface area contributed by atoms with Crippen molar-refractivity contribution in [3.8, 4) is 11.5 Å². The van der Waals surface area contributed by atoms with Crippen LogP contribution in [-0.2, 0) is 0 Å². The summed E-state index contributed by atoms with van der Waals surface area (Å²) in [5, 5.41) is 1.14. The minimum Gasteiger partial charge on any atom is -0.378 e. The van der Waals surface area contributed by atoms with Crippen molar-refractivity contribution in [2.75, 3.05) is 19.0 Å². The summed E-state index contributed by atoms with van der Waals surface area (Å²) in [4.78, 5) is 14.0. The highest BCUT2D eigenvalue weighted by molar-refractivity contribution is 5.84. The maximum absolute atomic E-state index is 4.61. The Balaban J connectivity index is 2.11. The average Bonchev–Trinajstić information content (AvgIpc) is 2.91. The van der Waals surface area contributed by atoms with E-state index in [0.29, 0.717) is 0 Å². The van der Waals surface area contributed by atoms with Gasteiger partial charge in [0.25, 0.3) is 0 Å². The standard InChI is InChI=1S/C14H14N4/c1-18(2)11-4-6-12-10(9-11)3-5-13(17-12)14-15-7-8-16-14/h3-9H,1-2H3,(H,15,16). The summed E-state index contributed by atoms with van der Waals surface area (Å²) >= 11 is 0. The molecule has 3 rings (SSSR count). The molecule has 0 radical (unpaired) electrons. The van der Waals surface area contributed by atoms with Crippen LogP contribution in [0.1, 0.15) is 0 Å². The van der Waals surface area contributed by atoms with E-state index in [-0.39, 0.29) is 0 Å². The van der Waals surface area contributed by atoms with Crippen LogP contribution in [0, 0.1) is 0 Å². The number of anilines is 1. The third-order valence-electron chi connectivity index (χ3n) is 2.93. The third-order valence-corrected chi connectivity index (χ3v) is 2.93. The molecule has 0 aliphatic carbocycles. The van der Waals surface area contributed by atoms with Gasteiger partial charge in [-0.05, 0) is 24.3 Å². The summed E-state index contributed by atoms with van der Waals surface area (Å²) in [6, 6.07) is 10.3. The lowest BCUT2D eigenvalue weighted by Gasteiger charge is -2.12. The maximum Gasteiger partial charge on any atom is 0.155 e. The third kappa shape index (κ3) is 1.82. The number of pyridine rings is 1.